The van der Waals surface area contributed by atoms with E-state index in [-0.39, 0.29) is 5.92 Å². The molecule has 3 fully saturated rings. The Morgan fingerprint density at radius 2 is 2.21 bits per heavy atom. The van der Waals surface area contributed by atoms with Crippen LogP contribution in [0.25, 0.3) is 0 Å². The molecule has 0 spiro atoms. The van der Waals surface area contributed by atoms with Gasteiger partial charge in [0.2, 0.25) is 0 Å². The Kier molecular flexibility index (Phi) is 1.44. The van der Waals surface area contributed by atoms with Crippen molar-refractivity contribution in [2.24, 2.45) is 23.2 Å². The Balaban J connectivity index is 2.00. The largest absolute Gasteiger partial charge is 0.302 e. The minimum Gasteiger partial charge on any atom is -0.302 e. The van der Waals surface area contributed by atoms with Gasteiger partial charge in [-0.2, -0.15) is 0 Å². The third-order valence-corrected chi connectivity index (χ3v) is 4.61. The summed E-state index contributed by atoms with van der Waals surface area (Å²) in [6.07, 6.45) is 7.96. The van der Waals surface area contributed by atoms with Gasteiger partial charge in [0, 0.05) is 0 Å². The molecule has 14 heavy (non-hydrogen) atoms. The van der Waals surface area contributed by atoms with Crippen molar-refractivity contribution < 1.29 is 4.79 Å². The van der Waals surface area contributed by atoms with Crippen LogP contribution in [-0.2, 0) is 4.79 Å². The maximum Gasteiger partial charge on any atom is 0.130 e. The Bertz CT molecular complexity index is 359. The summed E-state index contributed by atoms with van der Waals surface area (Å²) >= 11 is 0. The molecule has 0 radical (unpaired) electrons. The number of rotatable bonds is 1. The van der Waals surface area contributed by atoms with Crippen LogP contribution < -0.4 is 0 Å². The van der Waals surface area contributed by atoms with Crippen LogP contribution >= 0.6 is 0 Å². The Morgan fingerprint density at radius 3 is 2.86 bits per heavy atom. The highest BCUT2D eigenvalue weighted by Crippen LogP contribution is 2.63. The fraction of sp³-hybridized carbons (Fsp3) is 0.615. The summed E-state index contributed by atoms with van der Waals surface area (Å²) in [5.74, 6) is 1.67. The first-order valence-corrected chi connectivity index (χ1v) is 5.51. The van der Waals surface area contributed by atoms with Crippen LogP contribution in [0, 0.1) is 23.2 Å². The topological polar surface area (TPSA) is 17.1 Å². The van der Waals surface area contributed by atoms with Gasteiger partial charge in [-0.1, -0.05) is 26.0 Å². The molecule has 0 aromatic heterocycles. The summed E-state index contributed by atoms with van der Waals surface area (Å²) in [4.78, 5) is 10.7. The minimum atomic E-state index is 0.0788. The van der Waals surface area contributed by atoms with E-state index in [9.17, 15) is 4.79 Å². The number of carbonyl (C=O) groups is 1. The van der Waals surface area contributed by atoms with Gasteiger partial charge < -0.3 is 4.79 Å². The molecule has 4 aliphatic rings. The molecule has 4 aliphatic carbocycles. The number of allylic oxidation sites excluding steroid dienone is 4. The van der Waals surface area contributed by atoms with Crippen molar-refractivity contribution in [2.75, 3.05) is 0 Å². The molecule has 0 saturated heterocycles. The van der Waals surface area contributed by atoms with E-state index in [0.29, 0.717) is 5.41 Å². The molecular formula is C13H16O. The maximum atomic E-state index is 10.7. The van der Waals surface area contributed by atoms with Gasteiger partial charge in [0.15, 0.2) is 0 Å². The van der Waals surface area contributed by atoms with Gasteiger partial charge in [-0.3, -0.25) is 0 Å². The number of hydrogen-bond acceptors (Lipinski definition) is 1. The lowest BCUT2D eigenvalue weighted by Gasteiger charge is -2.58. The van der Waals surface area contributed by atoms with Crippen molar-refractivity contribution in [3.05, 3.63) is 23.3 Å². The predicted octanol–water partition coefficient (Wildman–Crippen LogP) is 2.73. The third kappa shape index (κ3) is 0.832. The van der Waals surface area contributed by atoms with Crippen molar-refractivity contribution in [1.29, 1.82) is 0 Å². The third-order valence-electron chi connectivity index (χ3n) is 4.61. The number of aldehydes is 1. The average Bonchev–Trinajstić information content (AvgIpc) is 2.59. The smallest absolute Gasteiger partial charge is 0.130 e. The van der Waals surface area contributed by atoms with Gasteiger partial charge in [0.05, 0.1) is 5.92 Å². The molecule has 0 aromatic carbocycles. The highest BCUT2D eigenvalue weighted by molar-refractivity contribution is 5.66. The molecule has 0 aliphatic heterocycles. The fourth-order valence-corrected chi connectivity index (χ4v) is 3.45. The van der Waals surface area contributed by atoms with Crippen molar-refractivity contribution in [1.82, 2.24) is 0 Å². The number of hydrogen-bond donors (Lipinski definition) is 0. The van der Waals surface area contributed by atoms with Crippen molar-refractivity contribution >= 4 is 6.29 Å². The molecule has 0 heterocycles. The molecule has 1 heteroatoms. The molecule has 0 amide bonds. The lowest BCUT2D eigenvalue weighted by atomic mass is 9.47. The van der Waals surface area contributed by atoms with Crippen LogP contribution in [0.3, 0.4) is 0 Å². The zero-order chi connectivity index (χ0) is 9.92. The van der Waals surface area contributed by atoms with E-state index in [4.69, 9.17) is 0 Å². The summed E-state index contributed by atoms with van der Waals surface area (Å²) in [5, 5.41) is 0. The highest BCUT2D eigenvalue weighted by atomic mass is 16.1. The molecule has 3 saturated carbocycles. The van der Waals surface area contributed by atoms with E-state index in [0.717, 1.165) is 18.1 Å². The second-order valence-electron chi connectivity index (χ2n) is 5.54. The van der Waals surface area contributed by atoms with Crippen molar-refractivity contribution in [3.63, 3.8) is 0 Å². The fourth-order valence-electron chi connectivity index (χ4n) is 3.45. The lowest BCUT2D eigenvalue weighted by Crippen LogP contribution is -2.49. The summed E-state index contributed by atoms with van der Waals surface area (Å²) < 4.78 is 0. The van der Waals surface area contributed by atoms with E-state index >= 15 is 0 Å². The summed E-state index contributed by atoms with van der Waals surface area (Å²) in [7, 11) is 0. The summed E-state index contributed by atoms with van der Waals surface area (Å²) in [6, 6.07) is 0. The monoisotopic (exact) mass is 188 g/mol. The molecule has 1 nitrogen and oxygen atoms in total. The molecule has 1 unspecified atom stereocenters. The first-order valence-electron chi connectivity index (χ1n) is 5.51. The van der Waals surface area contributed by atoms with E-state index in [1.165, 1.54) is 24.0 Å². The minimum absolute atomic E-state index is 0.0788. The SMILES string of the molecule is CC1(C)[C@H]2CC3=CC(C=O)C=C3[C@@H]1C2. The van der Waals surface area contributed by atoms with Crippen LogP contribution in [0.4, 0.5) is 0 Å². The van der Waals surface area contributed by atoms with Crippen LogP contribution in [-0.4, -0.2) is 6.29 Å². The molecular weight excluding hydrogens is 172 g/mol. The normalized spacial score (nSPS) is 42.0. The summed E-state index contributed by atoms with van der Waals surface area (Å²) in [5.41, 5.74) is 3.46. The van der Waals surface area contributed by atoms with E-state index in [1.807, 2.05) is 0 Å². The average molecular weight is 188 g/mol. The van der Waals surface area contributed by atoms with Crippen LogP contribution in [0.5, 0.6) is 0 Å². The Labute approximate surface area is 84.9 Å². The number of carbonyl (C=O) groups excluding carboxylic acids is 1. The van der Waals surface area contributed by atoms with Gasteiger partial charge in [-0.05, 0) is 41.2 Å². The first-order chi connectivity index (χ1) is 6.63. The quantitative estimate of drug-likeness (QED) is 0.578. The Hall–Kier alpha value is -0.850. The zero-order valence-electron chi connectivity index (χ0n) is 8.79. The van der Waals surface area contributed by atoms with Crippen LogP contribution in [0.1, 0.15) is 26.7 Å². The first kappa shape index (κ1) is 8.46. The molecule has 3 atom stereocenters. The molecule has 0 aromatic rings. The lowest BCUT2D eigenvalue weighted by molar-refractivity contribution is -0.108. The van der Waals surface area contributed by atoms with Gasteiger partial charge in [-0.15, -0.1) is 0 Å². The second kappa shape index (κ2) is 2.39. The van der Waals surface area contributed by atoms with Crippen molar-refractivity contribution in [3.8, 4) is 0 Å². The summed E-state index contributed by atoms with van der Waals surface area (Å²) in [6.45, 7) is 4.75. The second-order valence-corrected chi connectivity index (χ2v) is 5.54. The van der Waals surface area contributed by atoms with Crippen LogP contribution in [0.2, 0.25) is 0 Å². The van der Waals surface area contributed by atoms with E-state index in [2.05, 4.69) is 26.0 Å². The molecule has 0 N–H and O–H groups in total. The maximum absolute atomic E-state index is 10.7. The molecule has 2 bridgehead atoms. The van der Waals surface area contributed by atoms with E-state index in [1.54, 1.807) is 0 Å². The highest BCUT2D eigenvalue weighted by Gasteiger charge is 2.54. The van der Waals surface area contributed by atoms with Crippen LogP contribution in [0.15, 0.2) is 23.3 Å². The Morgan fingerprint density at radius 1 is 1.43 bits per heavy atom. The van der Waals surface area contributed by atoms with Crippen molar-refractivity contribution in [2.45, 2.75) is 26.7 Å². The molecule has 74 valence electrons. The predicted molar refractivity (Wildman–Crippen MR) is 55.7 cm³/mol. The van der Waals surface area contributed by atoms with E-state index < -0.39 is 0 Å². The standard InChI is InChI=1S/C13H16O/c1-13(2)10-5-9-3-8(7-14)4-11(9)12(13)6-10/h3-4,7-8,10,12H,5-6H2,1-2H3/t8?,10-,12-/m0/s1. The van der Waals surface area contributed by atoms with Gasteiger partial charge in [0.1, 0.15) is 6.29 Å². The van der Waals surface area contributed by atoms with Gasteiger partial charge >= 0.3 is 0 Å². The molecule has 4 rings (SSSR count). The van der Waals surface area contributed by atoms with Gasteiger partial charge in [0.25, 0.3) is 0 Å². The van der Waals surface area contributed by atoms with Gasteiger partial charge in [-0.25, -0.2) is 0 Å². The zero-order valence-corrected chi connectivity index (χ0v) is 8.79.